The van der Waals surface area contributed by atoms with E-state index in [1.807, 2.05) is 13.0 Å². The lowest BCUT2D eigenvalue weighted by molar-refractivity contribution is -0.230. The minimum Gasteiger partial charge on any atom is -0.478 e. The zero-order chi connectivity index (χ0) is 33.8. The minimum atomic E-state index is -1.57. The van der Waals surface area contributed by atoms with E-state index in [1.165, 1.54) is 18.2 Å². The number of carboxylic acid groups (broad SMARTS) is 1. The third-order valence-corrected chi connectivity index (χ3v) is 13.2. The van der Waals surface area contributed by atoms with Crippen molar-refractivity contribution in [3.63, 3.8) is 0 Å². The quantitative estimate of drug-likeness (QED) is 0.357. The number of Topliss-reactive ketones (excluding diaryl/α,β-unsaturated/α-hetero) is 1. The Morgan fingerprint density at radius 2 is 1.79 bits per heavy atom. The van der Waals surface area contributed by atoms with Crippen LogP contribution in [0.2, 0.25) is 0 Å². The van der Waals surface area contributed by atoms with Gasteiger partial charge >= 0.3 is 5.97 Å². The van der Waals surface area contributed by atoms with Crippen LogP contribution in [0.1, 0.15) is 85.7 Å². The minimum absolute atomic E-state index is 0.0260. The molecule has 0 aromatic heterocycles. The first-order chi connectivity index (χ1) is 22.9. The number of hydrogen-bond donors (Lipinski definition) is 3. The van der Waals surface area contributed by atoms with Crippen LogP contribution in [-0.2, 0) is 25.5 Å². The smallest absolute Gasteiger partial charge is 0.335 e. The van der Waals surface area contributed by atoms with E-state index < -0.39 is 59.1 Å². The summed E-state index contributed by atoms with van der Waals surface area (Å²) in [5.41, 5.74) is -0.389. The first-order valence-electron chi connectivity index (χ1n) is 17.1. The number of rotatable bonds is 7. The Bertz CT molecular complexity index is 1780. The number of aliphatic hydroxyl groups is 2. The van der Waals surface area contributed by atoms with Gasteiger partial charge in [-0.15, -0.1) is 0 Å². The summed E-state index contributed by atoms with van der Waals surface area (Å²) in [5, 5.41) is 31.8. The van der Waals surface area contributed by atoms with Crippen molar-refractivity contribution in [3.05, 3.63) is 94.3 Å². The summed E-state index contributed by atoms with van der Waals surface area (Å²) in [5.74, 6) is -1.96. The van der Waals surface area contributed by atoms with Crippen molar-refractivity contribution in [3.8, 4) is 0 Å². The molecule has 0 unspecified atom stereocenters. The maximum Gasteiger partial charge on any atom is 0.335 e. The highest BCUT2D eigenvalue weighted by molar-refractivity contribution is 6.01. The molecule has 9 heteroatoms. The number of halogens is 1. The van der Waals surface area contributed by atoms with Gasteiger partial charge in [-0.05, 0) is 104 Å². The van der Waals surface area contributed by atoms with Crippen LogP contribution < -0.4 is 0 Å². The molecular formula is C39H41FO8. The standard InChI is InChI=1S/C39H41FO8/c1-36-13-12-26(42)17-25(36)11-14-38(24-8-9-24)30-18-32-39(31(44)20-41,37(30,2)19-29(43)33(36)38)48-35(47-32)27-10-5-22(16-28(27)40)15-21-3-6-23(7-4-21)34(45)46/h3-7,10,12-13,16-17,24,29-30,32-33,35,41,43H,8-9,11,14-15,18-20H2,1-2H3,(H,45,46)/t29-,30+,32+,33+,35-,36-,37-,38+,39+/m0/s1. The van der Waals surface area contributed by atoms with Gasteiger partial charge in [0.1, 0.15) is 12.4 Å². The largest absolute Gasteiger partial charge is 0.478 e. The van der Waals surface area contributed by atoms with E-state index >= 15 is 4.39 Å². The van der Waals surface area contributed by atoms with E-state index in [9.17, 15) is 29.7 Å². The second-order valence-corrected chi connectivity index (χ2v) is 15.5. The number of ether oxygens (including phenoxy) is 2. The normalized spacial score (nSPS) is 39.6. The van der Waals surface area contributed by atoms with Gasteiger partial charge in [0, 0.05) is 22.3 Å². The highest BCUT2D eigenvalue weighted by atomic mass is 19.1. The van der Waals surface area contributed by atoms with E-state index in [0.29, 0.717) is 24.3 Å². The van der Waals surface area contributed by atoms with Crippen LogP contribution >= 0.6 is 0 Å². The fraction of sp³-hybridized carbons (Fsp3) is 0.513. The summed E-state index contributed by atoms with van der Waals surface area (Å²) in [6.45, 7) is 3.38. The molecular weight excluding hydrogens is 615 g/mol. The van der Waals surface area contributed by atoms with Crippen molar-refractivity contribution in [1.29, 1.82) is 0 Å². The summed E-state index contributed by atoms with van der Waals surface area (Å²) < 4.78 is 29.0. The Morgan fingerprint density at radius 1 is 1.06 bits per heavy atom. The van der Waals surface area contributed by atoms with Crippen LogP contribution in [-0.4, -0.2) is 57.3 Å². The lowest BCUT2D eigenvalue weighted by Crippen LogP contribution is -2.67. The van der Waals surface area contributed by atoms with Gasteiger partial charge in [0.05, 0.1) is 17.8 Å². The van der Waals surface area contributed by atoms with E-state index in [0.717, 1.165) is 36.8 Å². The third kappa shape index (κ3) is 4.23. The summed E-state index contributed by atoms with van der Waals surface area (Å²) in [6.07, 6.45) is 7.35. The molecule has 252 valence electrons. The first kappa shape index (κ1) is 31.7. The fourth-order valence-corrected chi connectivity index (χ4v) is 11.3. The van der Waals surface area contributed by atoms with Gasteiger partial charge in [-0.2, -0.15) is 0 Å². The zero-order valence-corrected chi connectivity index (χ0v) is 27.2. The molecule has 2 aromatic carbocycles. The highest BCUT2D eigenvalue weighted by Crippen LogP contribution is 2.78. The van der Waals surface area contributed by atoms with Crippen LogP contribution in [0.25, 0.3) is 0 Å². The monoisotopic (exact) mass is 656 g/mol. The summed E-state index contributed by atoms with van der Waals surface area (Å²) in [6, 6.07) is 11.2. The van der Waals surface area contributed by atoms with Crippen LogP contribution in [0.5, 0.6) is 0 Å². The van der Waals surface area contributed by atoms with Crippen molar-refractivity contribution in [1.82, 2.24) is 0 Å². The number of carbonyl (C=O) groups is 3. The zero-order valence-electron chi connectivity index (χ0n) is 27.2. The fourth-order valence-electron chi connectivity index (χ4n) is 11.3. The average molecular weight is 657 g/mol. The molecule has 1 aliphatic heterocycles. The van der Waals surface area contributed by atoms with Gasteiger partial charge < -0.3 is 24.8 Å². The first-order valence-corrected chi connectivity index (χ1v) is 17.1. The van der Waals surface area contributed by atoms with Gasteiger partial charge in [0.25, 0.3) is 0 Å². The molecule has 8 rings (SSSR count). The molecule has 9 atom stereocenters. The Morgan fingerprint density at radius 3 is 2.46 bits per heavy atom. The third-order valence-electron chi connectivity index (χ3n) is 13.2. The molecule has 1 heterocycles. The van der Waals surface area contributed by atoms with Crippen LogP contribution in [0.3, 0.4) is 0 Å². The summed E-state index contributed by atoms with van der Waals surface area (Å²) in [4.78, 5) is 37.6. The van der Waals surface area contributed by atoms with Crippen molar-refractivity contribution in [2.24, 2.45) is 34.0 Å². The number of aliphatic hydroxyl groups excluding tert-OH is 2. The molecule has 4 saturated carbocycles. The molecule has 2 aromatic rings. The average Bonchev–Trinajstić information content (AvgIpc) is 3.79. The van der Waals surface area contributed by atoms with Gasteiger partial charge in [-0.3, -0.25) is 9.59 Å². The molecule has 0 spiro atoms. The number of carboxylic acids is 1. The number of ketones is 2. The molecule has 1 saturated heterocycles. The summed E-state index contributed by atoms with van der Waals surface area (Å²) in [7, 11) is 0. The van der Waals surface area contributed by atoms with E-state index in [-0.39, 0.29) is 40.6 Å². The Kier molecular flexibility index (Phi) is 7.11. The number of aromatic carboxylic acids is 1. The lowest BCUT2D eigenvalue weighted by atomic mass is 9.38. The lowest BCUT2D eigenvalue weighted by Gasteiger charge is -2.66. The van der Waals surface area contributed by atoms with Crippen LogP contribution in [0.4, 0.5) is 4.39 Å². The number of hydrogen-bond acceptors (Lipinski definition) is 7. The van der Waals surface area contributed by atoms with Gasteiger partial charge in [0.15, 0.2) is 23.5 Å². The summed E-state index contributed by atoms with van der Waals surface area (Å²) >= 11 is 0. The topological polar surface area (TPSA) is 130 Å². The molecule has 5 fully saturated rings. The predicted octanol–water partition coefficient (Wildman–Crippen LogP) is 5.50. The SMILES string of the molecule is C[C@]12C=CC(=O)C=C1CC[C@]1(C3CC3)[C@@H]2[C@@H](O)C[C@@]2(C)[C@H]1C[C@H]1O[C@H](c3ccc(Cc4ccc(C(=O)O)cc4)cc3F)O[C@]12C(=O)CO. The van der Waals surface area contributed by atoms with Gasteiger partial charge in [-0.1, -0.05) is 49.8 Å². The second-order valence-electron chi connectivity index (χ2n) is 15.5. The molecule has 8 nitrogen and oxygen atoms in total. The number of allylic oxidation sites excluding steroid dienone is 4. The molecule has 3 N–H and O–H groups in total. The molecule has 0 bridgehead atoms. The maximum atomic E-state index is 15.8. The van der Waals surface area contributed by atoms with Crippen molar-refractivity contribution >= 4 is 17.5 Å². The molecule has 0 radical (unpaired) electrons. The van der Waals surface area contributed by atoms with Gasteiger partial charge in [-0.25, -0.2) is 9.18 Å². The molecule has 48 heavy (non-hydrogen) atoms. The maximum absolute atomic E-state index is 15.8. The Balaban J connectivity index is 1.13. The van der Waals surface area contributed by atoms with Crippen LogP contribution in [0, 0.1) is 39.8 Å². The van der Waals surface area contributed by atoms with Crippen molar-refractivity contribution in [2.45, 2.75) is 82.9 Å². The van der Waals surface area contributed by atoms with E-state index in [2.05, 4.69) is 6.92 Å². The van der Waals surface area contributed by atoms with Gasteiger partial charge in [0.2, 0.25) is 0 Å². The second kappa shape index (κ2) is 10.7. The highest BCUT2D eigenvalue weighted by Gasteiger charge is 2.80. The van der Waals surface area contributed by atoms with Crippen molar-refractivity contribution < 1.29 is 43.6 Å². The van der Waals surface area contributed by atoms with Crippen LogP contribution in [0.15, 0.2) is 66.3 Å². The number of benzene rings is 2. The Hall–Kier alpha value is -3.50. The number of fused-ring (bicyclic) bond motifs is 7. The van der Waals surface area contributed by atoms with Crippen molar-refractivity contribution in [2.75, 3.05) is 6.61 Å². The number of carbonyl (C=O) groups excluding carboxylic acids is 2. The molecule has 5 aliphatic carbocycles. The molecule has 6 aliphatic rings. The van der Waals surface area contributed by atoms with E-state index in [1.54, 1.807) is 36.4 Å². The molecule has 0 amide bonds. The van der Waals surface area contributed by atoms with E-state index in [4.69, 9.17) is 9.47 Å². The predicted molar refractivity (Wildman–Crippen MR) is 171 cm³/mol. The Labute approximate surface area is 278 Å².